The van der Waals surface area contributed by atoms with E-state index in [1.165, 1.54) is 12.8 Å². The predicted octanol–water partition coefficient (Wildman–Crippen LogP) is 3.47. The van der Waals surface area contributed by atoms with E-state index in [9.17, 15) is 0 Å². The highest BCUT2D eigenvalue weighted by Gasteiger charge is 2.86. The number of fused-ring (bicyclic) bond motifs is 3. The first-order valence-electron chi connectivity index (χ1n) is 8.09. The highest BCUT2D eigenvalue weighted by molar-refractivity contribution is 6.23. The second-order valence-electron chi connectivity index (χ2n) is 8.57. The maximum Gasteiger partial charge on any atom is 0.0404 e. The van der Waals surface area contributed by atoms with E-state index in [0.717, 1.165) is 71.0 Å². The molecule has 7 fully saturated rings. The summed E-state index contributed by atoms with van der Waals surface area (Å²) >= 11 is 13.9. The highest BCUT2D eigenvalue weighted by atomic mass is 35.5. The standard InChI is InChI=1S/C16H18Cl2/c17-15-6-3-1-2-4-5(3)8-9(6)11-12-10(8)7(4)16(18)14(12)13(11)15/h3-16H,1-2H2/t3-,4-,5?,6+,7+,8?,9-,10+,11-,12+,13+,14-,15-,16+/m0/s1. The van der Waals surface area contributed by atoms with Gasteiger partial charge in [-0.1, -0.05) is 0 Å². The van der Waals surface area contributed by atoms with Crippen LogP contribution in [0, 0.1) is 71.0 Å². The smallest absolute Gasteiger partial charge is 0.0404 e. The van der Waals surface area contributed by atoms with Crippen LogP contribution < -0.4 is 0 Å². The van der Waals surface area contributed by atoms with Crippen LogP contribution in [0.3, 0.4) is 0 Å². The molecule has 0 spiro atoms. The summed E-state index contributed by atoms with van der Waals surface area (Å²) in [7, 11) is 0. The zero-order chi connectivity index (χ0) is 11.5. The van der Waals surface area contributed by atoms with Crippen LogP contribution in [0.15, 0.2) is 0 Å². The second-order valence-corrected chi connectivity index (χ2v) is 9.58. The van der Waals surface area contributed by atoms with Gasteiger partial charge in [0.1, 0.15) is 0 Å². The molecule has 0 aromatic heterocycles. The average molecular weight is 281 g/mol. The summed E-state index contributed by atoms with van der Waals surface area (Å²) < 4.78 is 0. The first-order valence-corrected chi connectivity index (χ1v) is 8.96. The van der Waals surface area contributed by atoms with E-state index >= 15 is 0 Å². The summed E-state index contributed by atoms with van der Waals surface area (Å²) in [6.45, 7) is 0. The van der Waals surface area contributed by atoms with Crippen LogP contribution in [0.25, 0.3) is 0 Å². The Morgan fingerprint density at radius 1 is 0.444 bits per heavy atom. The third kappa shape index (κ3) is 0.605. The largest absolute Gasteiger partial charge is 0.122 e. The molecule has 0 heterocycles. The number of halogens is 2. The number of hydrogen-bond donors (Lipinski definition) is 0. The minimum absolute atomic E-state index is 0.511. The lowest BCUT2D eigenvalue weighted by Gasteiger charge is -2.47. The maximum atomic E-state index is 6.97. The van der Waals surface area contributed by atoms with Crippen molar-refractivity contribution in [2.24, 2.45) is 71.0 Å². The highest BCUT2D eigenvalue weighted by Crippen LogP contribution is 2.88. The summed E-state index contributed by atoms with van der Waals surface area (Å²) in [6.07, 6.45) is 3.00. The van der Waals surface area contributed by atoms with Crippen LogP contribution >= 0.6 is 23.2 Å². The Kier molecular flexibility index (Phi) is 1.28. The Morgan fingerprint density at radius 3 is 1.33 bits per heavy atom. The molecule has 0 amide bonds. The molecule has 2 heteroatoms. The van der Waals surface area contributed by atoms with Crippen molar-refractivity contribution in [2.45, 2.75) is 23.6 Å². The van der Waals surface area contributed by atoms with Crippen LogP contribution in [0.4, 0.5) is 0 Å². The molecule has 0 saturated heterocycles. The Hall–Kier alpha value is 0.580. The summed E-state index contributed by atoms with van der Waals surface area (Å²) in [5, 5.41) is 1.02. The van der Waals surface area contributed by atoms with Gasteiger partial charge in [0.2, 0.25) is 0 Å². The van der Waals surface area contributed by atoms with Crippen molar-refractivity contribution >= 4 is 23.2 Å². The van der Waals surface area contributed by atoms with Crippen molar-refractivity contribution in [3.05, 3.63) is 0 Å². The molecule has 0 nitrogen and oxygen atoms in total. The fraction of sp³-hybridized carbons (Fsp3) is 1.00. The van der Waals surface area contributed by atoms with E-state index in [1.807, 2.05) is 0 Å². The molecular formula is C16H18Cl2. The Balaban J connectivity index is 1.58. The molecular weight excluding hydrogens is 263 g/mol. The first kappa shape index (κ1) is 9.50. The van der Waals surface area contributed by atoms with E-state index < -0.39 is 0 Å². The lowest BCUT2D eigenvalue weighted by molar-refractivity contribution is 0.0287. The topological polar surface area (TPSA) is 0 Å². The SMILES string of the molecule is Cl[C@@H]1[C@H]2[C@H]3[C@H](Cl)[C@H]4[C@@H]5C6C7[C@@H]4CC[C@@H]7[C@@H]1[C@@H]6[C@H]2[C@@H]53. The Labute approximate surface area is 118 Å². The van der Waals surface area contributed by atoms with Gasteiger partial charge >= 0.3 is 0 Å². The number of alkyl halides is 2. The van der Waals surface area contributed by atoms with Crippen molar-refractivity contribution in [1.82, 2.24) is 0 Å². The van der Waals surface area contributed by atoms with Crippen LogP contribution in [0.2, 0.25) is 0 Å². The molecule has 96 valence electrons. The van der Waals surface area contributed by atoms with E-state index in [4.69, 9.17) is 23.2 Å². The van der Waals surface area contributed by atoms with Gasteiger partial charge in [0, 0.05) is 10.8 Å². The summed E-state index contributed by atoms with van der Waals surface area (Å²) in [4.78, 5) is 0. The van der Waals surface area contributed by atoms with Gasteiger partial charge in [0.05, 0.1) is 0 Å². The Morgan fingerprint density at radius 2 is 0.833 bits per heavy atom. The minimum atomic E-state index is 0.511. The lowest BCUT2D eigenvalue weighted by Crippen LogP contribution is -2.47. The van der Waals surface area contributed by atoms with Gasteiger partial charge in [-0.25, -0.2) is 0 Å². The van der Waals surface area contributed by atoms with E-state index in [-0.39, 0.29) is 0 Å². The van der Waals surface area contributed by atoms with Gasteiger partial charge in [-0.3, -0.25) is 0 Å². The van der Waals surface area contributed by atoms with Crippen molar-refractivity contribution in [2.75, 3.05) is 0 Å². The molecule has 7 rings (SSSR count). The summed E-state index contributed by atoms with van der Waals surface area (Å²) in [6, 6.07) is 0. The zero-order valence-electron chi connectivity index (χ0n) is 10.3. The van der Waals surface area contributed by atoms with Gasteiger partial charge in [0.25, 0.3) is 0 Å². The van der Waals surface area contributed by atoms with Gasteiger partial charge < -0.3 is 0 Å². The van der Waals surface area contributed by atoms with Crippen molar-refractivity contribution in [3.8, 4) is 0 Å². The van der Waals surface area contributed by atoms with E-state index in [2.05, 4.69) is 0 Å². The zero-order valence-corrected chi connectivity index (χ0v) is 11.8. The van der Waals surface area contributed by atoms with Crippen LogP contribution in [-0.2, 0) is 0 Å². The summed E-state index contributed by atoms with van der Waals surface area (Å²) in [5.74, 6) is 11.9. The van der Waals surface area contributed by atoms with E-state index in [1.54, 1.807) is 0 Å². The molecule has 14 atom stereocenters. The lowest BCUT2D eigenvalue weighted by atomic mass is 9.60. The normalized spacial score (nSPS) is 87.0. The minimum Gasteiger partial charge on any atom is -0.122 e. The average Bonchev–Trinajstić information content (AvgIpc) is 2.98. The van der Waals surface area contributed by atoms with Gasteiger partial charge in [-0.15, -0.1) is 23.2 Å². The molecule has 7 aliphatic carbocycles. The van der Waals surface area contributed by atoms with Crippen molar-refractivity contribution in [3.63, 3.8) is 0 Å². The summed E-state index contributed by atoms with van der Waals surface area (Å²) in [5.41, 5.74) is 0. The van der Waals surface area contributed by atoms with Crippen LogP contribution in [-0.4, -0.2) is 10.8 Å². The van der Waals surface area contributed by atoms with Crippen LogP contribution in [0.5, 0.6) is 0 Å². The van der Waals surface area contributed by atoms with Crippen molar-refractivity contribution in [1.29, 1.82) is 0 Å². The molecule has 7 aliphatic rings. The number of hydrogen-bond acceptors (Lipinski definition) is 0. The molecule has 0 N–H and O–H groups in total. The fourth-order valence-electron chi connectivity index (χ4n) is 9.60. The molecule has 0 aliphatic heterocycles. The maximum absolute atomic E-state index is 6.97. The van der Waals surface area contributed by atoms with E-state index in [0.29, 0.717) is 10.8 Å². The van der Waals surface area contributed by atoms with Gasteiger partial charge in [-0.2, -0.15) is 0 Å². The molecule has 0 aromatic carbocycles. The van der Waals surface area contributed by atoms with Gasteiger partial charge in [-0.05, 0) is 83.9 Å². The van der Waals surface area contributed by atoms with Crippen LogP contribution in [0.1, 0.15) is 12.8 Å². The Bertz CT molecular complexity index is 431. The predicted molar refractivity (Wildman–Crippen MR) is 70.4 cm³/mol. The molecule has 0 bridgehead atoms. The monoisotopic (exact) mass is 280 g/mol. The van der Waals surface area contributed by atoms with Crippen molar-refractivity contribution < 1.29 is 0 Å². The quantitative estimate of drug-likeness (QED) is 0.596. The molecule has 7 saturated carbocycles. The first-order chi connectivity index (χ1) is 8.80. The second kappa shape index (κ2) is 2.43. The molecule has 0 aromatic rings. The fourth-order valence-corrected chi connectivity index (χ4v) is 11.0. The third-order valence-corrected chi connectivity index (χ3v) is 10.3. The number of rotatable bonds is 0. The molecule has 0 radical (unpaired) electrons. The van der Waals surface area contributed by atoms with Gasteiger partial charge in [0.15, 0.2) is 0 Å². The molecule has 18 heavy (non-hydrogen) atoms. The third-order valence-electron chi connectivity index (χ3n) is 9.17. The molecule has 2 unspecified atom stereocenters.